The number of rotatable bonds is 5. The minimum absolute atomic E-state index is 0. The van der Waals surface area contributed by atoms with Crippen LogP contribution in [0.1, 0.15) is 48.8 Å². The molecule has 3 heterocycles. The standard InChI is InChI=1S/C21H29N7O.HI/c1-22-21(23-11-10-19-27-26-18-9-3-2-6-12-28(18)19)24-14-15-13-20(29)25-17-8-5-4-7-16(15)17;/h4-5,7-8,15H,2-3,6,9-14H2,1H3,(H,25,29)(H2,22,23,24);1H. The zero-order chi connectivity index (χ0) is 20.1. The van der Waals surface area contributed by atoms with Crippen molar-refractivity contribution in [3.8, 4) is 0 Å². The van der Waals surface area contributed by atoms with E-state index in [1.807, 2.05) is 18.2 Å². The Kier molecular flexibility index (Phi) is 8.06. The molecule has 1 unspecified atom stereocenters. The van der Waals surface area contributed by atoms with Gasteiger partial charge in [0.1, 0.15) is 11.6 Å². The number of aromatic nitrogens is 3. The molecule has 2 aliphatic rings. The first-order valence-corrected chi connectivity index (χ1v) is 10.5. The Labute approximate surface area is 194 Å². The van der Waals surface area contributed by atoms with Gasteiger partial charge in [0.15, 0.2) is 5.96 Å². The second-order valence-electron chi connectivity index (χ2n) is 7.66. The maximum absolute atomic E-state index is 12.0. The number of aryl methyl sites for hydroxylation is 1. The van der Waals surface area contributed by atoms with Gasteiger partial charge in [0, 0.05) is 57.5 Å². The first kappa shape index (κ1) is 22.5. The van der Waals surface area contributed by atoms with E-state index in [-0.39, 0.29) is 35.8 Å². The van der Waals surface area contributed by atoms with Crippen LogP contribution in [0.2, 0.25) is 0 Å². The molecule has 3 N–H and O–H groups in total. The van der Waals surface area contributed by atoms with E-state index in [0.717, 1.165) is 49.2 Å². The number of para-hydroxylation sites is 1. The number of carbonyl (C=O) groups excluding carboxylic acids is 1. The summed E-state index contributed by atoms with van der Waals surface area (Å²) in [5.74, 6) is 3.10. The third-order valence-corrected chi connectivity index (χ3v) is 5.67. The number of amides is 1. The number of carbonyl (C=O) groups is 1. The number of aliphatic imine (C=N–C) groups is 1. The van der Waals surface area contributed by atoms with Crippen LogP contribution >= 0.6 is 24.0 Å². The van der Waals surface area contributed by atoms with Gasteiger partial charge in [-0.15, -0.1) is 34.2 Å². The number of anilines is 1. The van der Waals surface area contributed by atoms with Gasteiger partial charge in [0.25, 0.3) is 0 Å². The van der Waals surface area contributed by atoms with Crippen LogP contribution in [0.3, 0.4) is 0 Å². The fourth-order valence-corrected chi connectivity index (χ4v) is 4.15. The number of nitrogens with one attached hydrogen (secondary N) is 3. The van der Waals surface area contributed by atoms with Crippen molar-refractivity contribution in [2.45, 2.75) is 51.0 Å². The fourth-order valence-electron chi connectivity index (χ4n) is 4.15. The van der Waals surface area contributed by atoms with Gasteiger partial charge in [-0.3, -0.25) is 9.79 Å². The van der Waals surface area contributed by atoms with Crippen LogP contribution in [0.15, 0.2) is 29.3 Å². The Morgan fingerprint density at radius 3 is 2.97 bits per heavy atom. The predicted molar refractivity (Wildman–Crippen MR) is 128 cm³/mol. The molecule has 30 heavy (non-hydrogen) atoms. The van der Waals surface area contributed by atoms with Crippen molar-refractivity contribution in [2.75, 3.05) is 25.5 Å². The summed E-state index contributed by atoms with van der Waals surface area (Å²) in [7, 11) is 1.76. The number of guanidine groups is 1. The maximum Gasteiger partial charge on any atom is 0.225 e. The van der Waals surface area contributed by atoms with Crippen LogP contribution in [-0.4, -0.2) is 46.8 Å². The molecule has 1 aromatic carbocycles. The molecular formula is C21H30IN7O. The molecule has 4 rings (SSSR count). The van der Waals surface area contributed by atoms with E-state index in [2.05, 4.69) is 41.8 Å². The van der Waals surface area contributed by atoms with Gasteiger partial charge in [-0.05, 0) is 24.5 Å². The van der Waals surface area contributed by atoms with Crippen LogP contribution in [0.5, 0.6) is 0 Å². The molecule has 1 aromatic heterocycles. The summed E-state index contributed by atoms with van der Waals surface area (Å²) in [6.07, 6.45) is 5.98. The predicted octanol–water partition coefficient (Wildman–Crippen LogP) is 2.46. The summed E-state index contributed by atoms with van der Waals surface area (Å²) < 4.78 is 2.28. The minimum atomic E-state index is 0. The van der Waals surface area contributed by atoms with Crippen molar-refractivity contribution in [3.05, 3.63) is 41.5 Å². The smallest absolute Gasteiger partial charge is 0.225 e. The third-order valence-electron chi connectivity index (χ3n) is 5.67. The summed E-state index contributed by atoms with van der Waals surface area (Å²) in [6, 6.07) is 7.99. The molecule has 0 fully saturated rings. The summed E-state index contributed by atoms with van der Waals surface area (Å²) in [6.45, 7) is 2.41. The van der Waals surface area contributed by atoms with Crippen LogP contribution in [-0.2, 0) is 24.2 Å². The van der Waals surface area contributed by atoms with Gasteiger partial charge in [-0.1, -0.05) is 24.6 Å². The maximum atomic E-state index is 12.0. The first-order valence-electron chi connectivity index (χ1n) is 10.5. The zero-order valence-electron chi connectivity index (χ0n) is 17.4. The molecule has 1 atom stereocenters. The van der Waals surface area contributed by atoms with Gasteiger partial charge >= 0.3 is 0 Å². The van der Waals surface area contributed by atoms with Gasteiger partial charge in [0.05, 0.1) is 0 Å². The molecule has 162 valence electrons. The largest absolute Gasteiger partial charge is 0.356 e. The number of nitrogens with zero attached hydrogens (tertiary/aromatic N) is 4. The van der Waals surface area contributed by atoms with E-state index in [1.54, 1.807) is 7.05 Å². The Balaban J connectivity index is 0.00000256. The van der Waals surface area contributed by atoms with E-state index in [9.17, 15) is 4.79 Å². The minimum Gasteiger partial charge on any atom is -0.356 e. The van der Waals surface area contributed by atoms with Crippen LogP contribution in [0.25, 0.3) is 0 Å². The average Bonchev–Trinajstić information content (AvgIpc) is 2.96. The molecule has 9 heteroatoms. The van der Waals surface area contributed by atoms with Crippen molar-refractivity contribution < 1.29 is 4.79 Å². The fraction of sp³-hybridized carbons (Fsp3) is 0.524. The van der Waals surface area contributed by atoms with E-state index >= 15 is 0 Å². The Bertz CT molecular complexity index is 895. The van der Waals surface area contributed by atoms with Crippen LogP contribution in [0, 0.1) is 0 Å². The molecule has 8 nitrogen and oxygen atoms in total. The van der Waals surface area contributed by atoms with E-state index in [4.69, 9.17) is 0 Å². The Morgan fingerprint density at radius 2 is 2.10 bits per heavy atom. The number of halogens is 1. The summed E-state index contributed by atoms with van der Waals surface area (Å²) in [5, 5.41) is 18.4. The first-order chi connectivity index (χ1) is 14.2. The molecule has 0 spiro atoms. The Hall–Kier alpha value is -2.17. The highest BCUT2D eigenvalue weighted by atomic mass is 127. The highest BCUT2D eigenvalue weighted by molar-refractivity contribution is 14.0. The monoisotopic (exact) mass is 523 g/mol. The van der Waals surface area contributed by atoms with Gasteiger partial charge < -0.3 is 20.5 Å². The number of fused-ring (bicyclic) bond motifs is 2. The molecule has 2 aliphatic heterocycles. The number of benzene rings is 1. The molecule has 2 aromatic rings. The quantitative estimate of drug-likeness (QED) is 0.318. The highest BCUT2D eigenvalue weighted by Crippen LogP contribution is 2.31. The SMILES string of the molecule is CN=C(NCCc1nnc2n1CCCCC2)NCC1CC(=O)Nc2ccccc21.I. The van der Waals surface area contributed by atoms with Crippen molar-refractivity contribution in [3.63, 3.8) is 0 Å². The van der Waals surface area contributed by atoms with Crippen LogP contribution < -0.4 is 16.0 Å². The lowest BCUT2D eigenvalue weighted by molar-refractivity contribution is -0.116. The molecule has 0 aliphatic carbocycles. The second kappa shape index (κ2) is 10.7. The van der Waals surface area contributed by atoms with Crippen LogP contribution in [0.4, 0.5) is 5.69 Å². The van der Waals surface area contributed by atoms with E-state index in [1.165, 1.54) is 24.8 Å². The summed E-state index contributed by atoms with van der Waals surface area (Å²) in [5.41, 5.74) is 2.08. The number of hydrogen-bond acceptors (Lipinski definition) is 4. The van der Waals surface area contributed by atoms with E-state index < -0.39 is 0 Å². The topological polar surface area (TPSA) is 96.2 Å². The molecule has 0 saturated heterocycles. The lowest BCUT2D eigenvalue weighted by Crippen LogP contribution is -2.41. The van der Waals surface area contributed by atoms with Gasteiger partial charge in [-0.25, -0.2) is 0 Å². The summed E-state index contributed by atoms with van der Waals surface area (Å²) >= 11 is 0. The lowest BCUT2D eigenvalue weighted by Gasteiger charge is -2.26. The van der Waals surface area contributed by atoms with Crippen molar-refractivity contribution in [2.24, 2.45) is 4.99 Å². The van der Waals surface area contributed by atoms with Gasteiger partial charge in [0.2, 0.25) is 5.91 Å². The second-order valence-corrected chi connectivity index (χ2v) is 7.66. The number of hydrogen-bond donors (Lipinski definition) is 3. The highest BCUT2D eigenvalue weighted by Gasteiger charge is 2.24. The molecule has 0 radical (unpaired) electrons. The molecule has 1 amide bonds. The summed E-state index contributed by atoms with van der Waals surface area (Å²) in [4.78, 5) is 16.3. The average molecular weight is 523 g/mol. The molecule has 0 bridgehead atoms. The van der Waals surface area contributed by atoms with E-state index in [0.29, 0.717) is 13.0 Å². The molecule has 0 saturated carbocycles. The third kappa shape index (κ3) is 5.30. The Morgan fingerprint density at radius 1 is 1.23 bits per heavy atom. The molecular weight excluding hydrogens is 493 g/mol. The van der Waals surface area contributed by atoms with Crippen molar-refractivity contribution in [1.29, 1.82) is 0 Å². The van der Waals surface area contributed by atoms with Gasteiger partial charge in [-0.2, -0.15) is 0 Å². The normalized spacial score (nSPS) is 18.4. The van der Waals surface area contributed by atoms with Crippen molar-refractivity contribution in [1.82, 2.24) is 25.4 Å². The lowest BCUT2D eigenvalue weighted by atomic mass is 9.90. The van der Waals surface area contributed by atoms with Crippen molar-refractivity contribution >= 4 is 41.5 Å². The zero-order valence-corrected chi connectivity index (χ0v) is 19.7.